The first-order valence-electron chi connectivity index (χ1n) is 8.00. The summed E-state index contributed by atoms with van der Waals surface area (Å²) in [6, 6.07) is 4.28. The predicted octanol–water partition coefficient (Wildman–Crippen LogP) is 2.80. The van der Waals surface area contributed by atoms with Gasteiger partial charge in [0, 0.05) is 17.6 Å². The van der Waals surface area contributed by atoms with E-state index in [9.17, 15) is 9.59 Å². The van der Waals surface area contributed by atoms with Crippen molar-refractivity contribution in [3.8, 4) is 0 Å². The third-order valence-corrected chi connectivity index (χ3v) is 5.00. The van der Waals surface area contributed by atoms with Gasteiger partial charge in [-0.2, -0.15) is 0 Å². The van der Waals surface area contributed by atoms with Crippen LogP contribution in [-0.4, -0.2) is 18.2 Å². The Bertz CT molecular complexity index is 817. The molecule has 1 fully saturated rings. The molecule has 4 rings (SSSR count). The molecule has 5 heteroatoms. The average Bonchev–Trinajstić information content (AvgIpc) is 3.12. The van der Waals surface area contributed by atoms with E-state index in [0.29, 0.717) is 11.1 Å². The molecule has 1 aromatic rings. The minimum absolute atomic E-state index is 0.0455. The van der Waals surface area contributed by atoms with Crippen molar-refractivity contribution >= 4 is 11.9 Å². The molecular formula is C19H18O5. The van der Waals surface area contributed by atoms with E-state index < -0.39 is 12.3 Å². The maximum absolute atomic E-state index is 12.2. The first-order chi connectivity index (χ1) is 11.4. The number of rotatable bonds is 2. The van der Waals surface area contributed by atoms with Crippen LogP contribution in [0.3, 0.4) is 0 Å². The van der Waals surface area contributed by atoms with E-state index in [1.807, 2.05) is 0 Å². The summed E-state index contributed by atoms with van der Waals surface area (Å²) in [5.74, 6) is -0.806. The minimum atomic E-state index is -0.773. The lowest BCUT2D eigenvalue weighted by Gasteiger charge is -2.10. The normalized spacial score (nSPS) is 29.2. The number of cyclic esters (lactones) is 1. The molecule has 5 nitrogen and oxygen atoms in total. The lowest BCUT2D eigenvalue weighted by Crippen LogP contribution is -2.11. The maximum Gasteiger partial charge on any atom is 0.338 e. The minimum Gasteiger partial charge on any atom is -0.458 e. The second-order valence-corrected chi connectivity index (χ2v) is 6.60. The summed E-state index contributed by atoms with van der Waals surface area (Å²) in [5, 5.41) is 0. The molecular weight excluding hydrogens is 308 g/mol. The fourth-order valence-corrected chi connectivity index (χ4v) is 3.50. The smallest absolute Gasteiger partial charge is 0.338 e. The molecule has 2 aliphatic heterocycles. The Morgan fingerprint density at radius 3 is 2.54 bits per heavy atom. The second kappa shape index (κ2) is 5.23. The molecule has 1 saturated heterocycles. The number of benzene rings is 1. The number of ether oxygens (including phenoxy) is 3. The highest BCUT2D eigenvalue weighted by Gasteiger charge is 2.46. The summed E-state index contributed by atoms with van der Waals surface area (Å²) in [7, 11) is 0. The number of carbonyl (C=O) groups excluding carboxylic acids is 2. The molecule has 1 aromatic carbocycles. The van der Waals surface area contributed by atoms with Gasteiger partial charge < -0.3 is 14.2 Å². The number of esters is 2. The van der Waals surface area contributed by atoms with Gasteiger partial charge in [0.05, 0.1) is 11.8 Å². The number of fused-ring (bicyclic) bond motifs is 3. The summed E-state index contributed by atoms with van der Waals surface area (Å²) in [6.45, 7) is 5.80. The molecule has 24 heavy (non-hydrogen) atoms. The number of aryl methyl sites for hydroxylation is 2. The molecule has 0 unspecified atom stereocenters. The third kappa shape index (κ3) is 2.23. The quantitative estimate of drug-likeness (QED) is 0.475. The largest absolute Gasteiger partial charge is 0.458 e. The van der Waals surface area contributed by atoms with Crippen molar-refractivity contribution < 1.29 is 23.8 Å². The van der Waals surface area contributed by atoms with Crippen LogP contribution in [0.1, 0.15) is 35.3 Å². The van der Waals surface area contributed by atoms with Crippen LogP contribution in [0.25, 0.3) is 0 Å². The lowest BCUT2D eigenvalue weighted by molar-refractivity contribution is -0.152. The van der Waals surface area contributed by atoms with Crippen LogP contribution in [0.4, 0.5) is 0 Å². The van der Waals surface area contributed by atoms with Crippen LogP contribution >= 0.6 is 0 Å². The highest BCUT2D eigenvalue weighted by Crippen LogP contribution is 2.48. The summed E-state index contributed by atoms with van der Waals surface area (Å²) in [4.78, 5) is 23.5. The molecule has 0 aromatic heterocycles. The fraction of sp³-hybridized carbons (Fsp3) is 0.368. The molecule has 3 aliphatic rings. The van der Waals surface area contributed by atoms with E-state index in [0.717, 1.165) is 12.0 Å². The maximum atomic E-state index is 12.2. The van der Waals surface area contributed by atoms with E-state index in [1.165, 1.54) is 23.0 Å². The van der Waals surface area contributed by atoms with Crippen LogP contribution in [0.15, 0.2) is 35.6 Å². The van der Waals surface area contributed by atoms with Crippen molar-refractivity contribution in [1.29, 1.82) is 0 Å². The standard InChI is InChI=1S/C19H18O5/c1-9-4-12-7-14-15(8-22-16-6-11(3)18(20)23-16)19(21)24-17(14)13(12)5-10(9)2/h4-6,8,14,16-17H,7H2,1-3H3/b15-8+/t14-,16-,17-/m1/s1. The van der Waals surface area contributed by atoms with Gasteiger partial charge in [-0.3, -0.25) is 0 Å². The topological polar surface area (TPSA) is 61.8 Å². The molecule has 0 radical (unpaired) electrons. The highest BCUT2D eigenvalue weighted by atomic mass is 16.7. The van der Waals surface area contributed by atoms with Crippen LogP contribution < -0.4 is 0 Å². The number of carbonyl (C=O) groups is 2. The van der Waals surface area contributed by atoms with Crippen molar-refractivity contribution in [1.82, 2.24) is 0 Å². The summed E-state index contributed by atoms with van der Waals surface area (Å²) in [6.07, 6.45) is 2.72. The Kier molecular flexibility index (Phi) is 3.27. The van der Waals surface area contributed by atoms with E-state index in [1.54, 1.807) is 13.0 Å². The van der Waals surface area contributed by atoms with Gasteiger partial charge >= 0.3 is 11.9 Å². The molecule has 3 atom stereocenters. The van der Waals surface area contributed by atoms with Crippen LogP contribution in [0.5, 0.6) is 0 Å². The molecule has 2 heterocycles. The Balaban J connectivity index is 1.58. The van der Waals surface area contributed by atoms with Gasteiger partial charge in [-0.05, 0) is 49.4 Å². The van der Waals surface area contributed by atoms with Crippen molar-refractivity contribution in [2.75, 3.05) is 0 Å². The van der Waals surface area contributed by atoms with Gasteiger partial charge in [0.15, 0.2) is 0 Å². The van der Waals surface area contributed by atoms with Crippen molar-refractivity contribution in [2.24, 2.45) is 5.92 Å². The van der Waals surface area contributed by atoms with E-state index in [-0.39, 0.29) is 18.0 Å². The van der Waals surface area contributed by atoms with E-state index >= 15 is 0 Å². The van der Waals surface area contributed by atoms with Crippen molar-refractivity contribution in [2.45, 2.75) is 39.6 Å². The zero-order valence-corrected chi connectivity index (χ0v) is 13.8. The average molecular weight is 326 g/mol. The van der Waals surface area contributed by atoms with Crippen molar-refractivity contribution in [3.05, 3.63) is 57.9 Å². The van der Waals surface area contributed by atoms with Crippen LogP contribution in [-0.2, 0) is 30.2 Å². The fourth-order valence-electron chi connectivity index (χ4n) is 3.50. The first-order valence-corrected chi connectivity index (χ1v) is 8.00. The molecule has 0 saturated carbocycles. The van der Waals surface area contributed by atoms with Gasteiger partial charge in [0.1, 0.15) is 6.10 Å². The van der Waals surface area contributed by atoms with E-state index in [4.69, 9.17) is 14.2 Å². The van der Waals surface area contributed by atoms with Gasteiger partial charge in [-0.1, -0.05) is 12.1 Å². The molecule has 0 N–H and O–H groups in total. The number of hydrogen-bond donors (Lipinski definition) is 0. The zero-order valence-electron chi connectivity index (χ0n) is 13.8. The van der Waals surface area contributed by atoms with Gasteiger partial charge in [-0.25, -0.2) is 9.59 Å². The monoisotopic (exact) mass is 326 g/mol. The molecule has 0 amide bonds. The van der Waals surface area contributed by atoms with Crippen LogP contribution in [0, 0.1) is 19.8 Å². The third-order valence-electron chi connectivity index (χ3n) is 5.00. The van der Waals surface area contributed by atoms with Crippen molar-refractivity contribution in [3.63, 3.8) is 0 Å². The zero-order chi connectivity index (χ0) is 17.0. The van der Waals surface area contributed by atoms with Gasteiger partial charge in [0.25, 0.3) is 6.29 Å². The van der Waals surface area contributed by atoms with Crippen LogP contribution in [0.2, 0.25) is 0 Å². The Morgan fingerprint density at radius 1 is 1.08 bits per heavy atom. The SMILES string of the molecule is CC1=C[C@H](O/C=C2/C(=O)O[C@@H]3c4cc(C)c(C)cc4C[C@H]23)OC1=O. The van der Waals surface area contributed by atoms with Gasteiger partial charge in [-0.15, -0.1) is 0 Å². The highest BCUT2D eigenvalue weighted by molar-refractivity contribution is 5.92. The summed E-state index contributed by atoms with van der Waals surface area (Å²) < 4.78 is 16.1. The number of hydrogen-bond acceptors (Lipinski definition) is 5. The summed E-state index contributed by atoms with van der Waals surface area (Å²) in [5.41, 5.74) is 5.74. The molecule has 0 bridgehead atoms. The predicted molar refractivity (Wildman–Crippen MR) is 84.7 cm³/mol. The molecule has 1 aliphatic carbocycles. The molecule has 124 valence electrons. The first kappa shape index (κ1) is 15.0. The Morgan fingerprint density at radius 2 is 1.83 bits per heavy atom. The van der Waals surface area contributed by atoms with E-state index in [2.05, 4.69) is 26.0 Å². The summed E-state index contributed by atoms with van der Waals surface area (Å²) >= 11 is 0. The Hall–Kier alpha value is -2.56. The van der Waals surface area contributed by atoms with Gasteiger partial charge in [0.2, 0.25) is 0 Å². The Labute approximate surface area is 139 Å². The second-order valence-electron chi connectivity index (χ2n) is 6.60. The lowest BCUT2D eigenvalue weighted by atomic mass is 9.98. The molecule has 0 spiro atoms.